The van der Waals surface area contributed by atoms with Crippen LogP contribution in [0.5, 0.6) is 0 Å². The molecule has 0 aliphatic rings. The summed E-state index contributed by atoms with van der Waals surface area (Å²) in [6.07, 6.45) is 0. The van der Waals surface area contributed by atoms with Crippen molar-refractivity contribution in [2.24, 2.45) is 0 Å². The maximum Gasteiger partial charge on any atom is 0.316 e. The average molecular weight is 229 g/mol. The van der Waals surface area contributed by atoms with E-state index in [4.69, 9.17) is 4.89 Å². The van der Waals surface area contributed by atoms with Crippen molar-refractivity contribution in [2.75, 3.05) is 0 Å². The van der Waals surface area contributed by atoms with Crippen LogP contribution in [0.15, 0.2) is 24.3 Å². The van der Waals surface area contributed by atoms with Crippen LogP contribution in [-0.4, -0.2) is 9.88 Å². The molecule has 4 nitrogen and oxygen atoms in total. The summed E-state index contributed by atoms with van der Waals surface area (Å²) in [5.74, 6) is 0. The number of thiazole rings is 1. The second-order valence-corrected chi connectivity index (χ2v) is 4.57. The number of benzene rings is 1. The summed E-state index contributed by atoms with van der Waals surface area (Å²) >= 11 is 1.47. The highest BCUT2D eigenvalue weighted by atomic mass is 32.1. The zero-order valence-electron chi connectivity index (χ0n) is 7.14. The average Bonchev–Trinajstić information content (AvgIpc) is 2.57. The molecule has 14 heavy (non-hydrogen) atoms. The Hall–Kier alpha value is -0.740. The first-order valence-corrected chi connectivity index (χ1v) is 6.04. The van der Waals surface area contributed by atoms with E-state index in [1.807, 2.05) is 24.3 Å². The Labute approximate surface area is 85.1 Å². The van der Waals surface area contributed by atoms with Gasteiger partial charge in [-0.05, 0) is 12.1 Å². The van der Waals surface area contributed by atoms with Gasteiger partial charge in [0.1, 0.15) is 11.6 Å². The van der Waals surface area contributed by atoms with Crippen molar-refractivity contribution in [1.82, 2.24) is 4.98 Å². The van der Waals surface area contributed by atoms with Gasteiger partial charge in [-0.2, -0.15) is 0 Å². The van der Waals surface area contributed by atoms with E-state index in [0.717, 1.165) is 15.2 Å². The van der Waals surface area contributed by atoms with Gasteiger partial charge in [-0.1, -0.05) is 12.1 Å². The van der Waals surface area contributed by atoms with Crippen molar-refractivity contribution in [2.45, 2.75) is 6.61 Å². The monoisotopic (exact) mass is 229 g/mol. The fourth-order valence-corrected chi connectivity index (χ4v) is 2.35. The largest absolute Gasteiger partial charge is 0.326 e. The maximum absolute atomic E-state index is 10.3. The van der Waals surface area contributed by atoms with Crippen molar-refractivity contribution in [1.29, 1.82) is 0 Å². The summed E-state index contributed by atoms with van der Waals surface area (Å²) in [4.78, 5) is 12.7. The highest BCUT2D eigenvalue weighted by molar-refractivity contribution is 7.32. The molecule has 0 fully saturated rings. The van der Waals surface area contributed by atoms with E-state index < -0.39 is 8.25 Å². The van der Waals surface area contributed by atoms with Gasteiger partial charge in [-0.25, -0.2) is 4.98 Å². The van der Waals surface area contributed by atoms with Crippen LogP contribution >= 0.6 is 19.6 Å². The van der Waals surface area contributed by atoms with Crippen LogP contribution in [0.4, 0.5) is 0 Å². The Morgan fingerprint density at radius 2 is 2.29 bits per heavy atom. The lowest BCUT2D eigenvalue weighted by Crippen LogP contribution is -1.82. The summed E-state index contributed by atoms with van der Waals surface area (Å²) in [6.45, 7) is 0.105. The van der Waals surface area contributed by atoms with Gasteiger partial charge < -0.3 is 9.42 Å². The second-order valence-electron chi connectivity index (χ2n) is 2.63. The molecule has 1 atom stereocenters. The summed E-state index contributed by atoms with van der Waals surface area (Å²) in [5.41, 5.74) is 0.897. The summed E-state index contributed by atoms with van der Waals surface area (Å²) in [5, 5.41) is 0.721. The maximum atomic E-state index is 10.3. The van der Waals surface area contributed by atoms with Crippen molar-refractivity contribution in [3.05, 3.63) is 29.3 Å². The van der Waals surface area contributed by atoms with Gasteiger partial charge >= 0.3 is 8.25 Å². The molecule has 1 unspecified atom stereocenters. The number of hydrogen-bond donors (Lipinski definition) is 1. The Bertz CT molecular complexity index is 437. The zero-order chi connectivity index (χ0) is 9.97. The van der Waals surface area contributed by atoms with E-state index in [2.05, 4.69) is 9.51 Å². The molecule has 2 rings (SSSR count). The number of para-hydroxylation sites is 1. The van der Waals surface area contributed by atoms with Crippen molar-refractivity contribution in [3.8, 4) is 0 Å². The lowest BCUT2D eigenvalue weighted by molar-refractivity contribution is 0.272. The van der Waals surface area contributed by atoms with E-state index in [-0.39, 0.29) is 6.61 Å². The molecule has 1 aromatic carbocycles. The molecule has 6 heteroatoms. The second kappa shape index (κ2) is 4.19. The molecular weight excluding hydrogens is 221 g/mol. The summed E-state index contributed by atoms with van der Waals surface area (Å²) < 4.78 is 16.0. The van der Waals surface area contributed by atoms with Gasteiger partial charge in [0, 0.05) is 0 Å². The fraction of sp³-hybridized carbons (Fsp3) is 0.125. The first-order chi connectivity index (χ1) is 6.75. The van der Waals surface area contributed by atoms with Gasteiger partial charge in [-0.15, -0.1) is 11.3 Å². The number of fused-ring (bicyclic) bond motifs is 1. The minimum absolute atomic E-state index is 0.105. The standard InChI is InChI=1S/C8H8NO3PS/c10-13(11)12-5-8-9-6-3-1-2-4-7(6)14-8/h1-4,13H,5H2,(H,10,11). The van der Waals surface area contributed by atoms with Gasteiger partial charge in [-0.3, -0.25) is 4.57 Å². The van der Waals surface area contributed by atoms with Crippen LogP contribution in [0.3, 0.4) is 0 Å². The third-order valence-electron chi connectivity index (χ3n) is 1.66. The molecule has 1 heterocycles. The third kappa shape index (κ3) is 2.19. The van der Waals surface area contributed by atoms with E-state index in [0.29, 0.717) is 0 Å². The minimum Gasteiger partial charge on any atom is -0.326 e. The molecule has 2 aromatic rings. The van der Waals surface area contributed by atoms with Gasteiger partial charge in [0.2, 0.25) is 0 Å². The van der Waals surface area contributed by atoms with Crippen molar-refractivity contribution in [3.63, 3.8) is 0 Å². The van der Waals surface area contributed by atoms with Gasteiger partial charge in [0.15, 0.2) is 0 Å². The molecule has 0 saturated carbocycles. The molecule has 0 aliphatic carbocycles. The van der Waals surface area contributed by atoms with Crippen LogP contribution in [0.25, 0.3) is 10.2 Å². The zero-order valence-corrected chi connectivity index (χ0v) is 8.95. The predicted molar refractivity (Wildman–Crippen MR) is 55.6 cm³/mol. The number of hydrogen-bond acceptors (Lipinski definition) is 4. The van der Waals surface area contributed by atoms with Crippen LogP contribution in [0, 0.1) is 0 Å². The SMILES string of the molecule is O=[PH](O)OCc1nc2ccccc2s1. The summed E-state index contributed by atoms with van der Waals surface area (Å²) in [6, 6.07) is 7.69. The quantitative estimate of drug-likeness (QED) is 0.819. The molecule has 1 aromatic heterocycles. The van der Waals surface area contributed by atoms with Crippen molar-refractivity contribution < 1.29 is 14.0 Å². The topological polar surface area (TPSA) is 59.4 Å². The number of aromatic nitrogens is 1. The predicted octanol–water partition coefficient (Wildman–Crippen LogP) is 2.19. The van der Waals surface area contributed by atoms with Gasteiger partial charge in [0.05, 0.1) is 10.2 Å². The van der Waals surface area contributed by atoms with Crippen LogP contribution in [0.2, 0.25) is 0 Å². The van der Waals surface area contributed by atoms with E-state index in [1.54, 1.807) is 0 Å². The fourth-order valence-electron chi connectivity index (χ4n) is 1.11. The first kappa shape index (κ1) is 9.80. The van der Waals surface area contributed by atoms with Crippen LogP contribution in [-0.2, 0) is 15.7 Å². The summed E-state index contributed by atoms with van der Waals surface area (Å²) in [7, 11) is -2.85. The highest BCUT2D eigenvalue weighted by Crippen LogP contribution is 2.25. The molecule has 1 N–H and O–H groups in total. The van der Waals surface area contributed by atoms with E-state index >= 15 is 0 Å². The molecule has 0 aliphatic heterocycles. The molecule has 0 spiro atoms. The van der Waals surface area contributed by atoms with Crippen LogP contribution in [0.1, 0.15) is 5.01 Å². The van der Waals surface area contributed by atoms with Crippen LogP contribution < -0.4 is 0 Å². The Kier molecular flexibility index (Phi) is 2.93. The lowest BCUT2D eigenvalue weighted by atomic mass is 10.3. The molecule has 0 radical (unpaired) electrons. The first-order valence-electron chi connectivity index (χ1n) is 3.96. The van der Waals surface area contributed by atoms with E-state index in [1.165, 1.54) is 11.3 Å². The van der Waals surface area contributed by atoms with E-state index in [9.17, 15) is 4.57 Å². The minimum atomic E-state index is -2.85. The van der Waals surface area contributed by atoms with Gasteiger partial charge in [0.25, 0.3) is 0 Å². The normalized spacial score (nSPS) is 13.2. The molecule has 74 valence electrons. The molecule has 0 saturated heterocycles. The lowest BCUT2D eigenvalue weighted by Gasteiger charge is -1.93. The number of rotatable bonds is 3. The Morgan fingerprint density at radius 1 is 1.50 bits per heavy atom. The highest BCUT2D eigenvalue weighted by Gasteiger charge is 2.03. The Balaban J connectivity index is 2.22. The third-order valence-corrected chi connectivity index (χ3v) is 3.06. The smallest absolute Gasteiger partial charge is 0.316 e. The molecule has 0 bridgehead atoms. The number of nitrogens with zero attached hydrogens (tertiary/aromatic N) is 1. The van der Waals surface area contributed by atoms with Crippen molar-refractivity contribution >= 4 is 29.8 Å². The Morgan fingerprint density at radius 3 is 3.00 bits per heavy atom. The molecule has 0 amide bonds. The molecular formula is C8H8NO3PS.